The summed E-state index contributed by atoms with van der Waals surface area (Å²) >= 11 is 5.49. The summed E-state index contributed by atoms with van der Waals surface area (Å²) in [5.41, 5.74) is 0.125. The third-order valence-electron chi connectivity index (χ3n) is 3.33. The van der Waals surface area contributed by atoms with Gasteiger partial charge in [-0.05, 0) is 43.1 Å². The van der Waals surface area contributed by atoms with E-state index in [4.69, 9.17) is 0 Å². The molecule has 0 unspecified atom stereocenters. The molecule has 1 aliphatic heterocycles. The molecule has 1 amide bonds. The second-order valence-corrected chi connectivity index (χ2v) is 6.51. The maximum Gasteiger partial charge on any atom is 0.220 e. The average molecular weight is 292 g/mol. The Balaban J connectivity index is 1.72. The molecule has 0 bridgehead atoms. The van der Waals surface area contributed by atoms with Crippen LogP contribution in [-0.4, -0.2) is 28.3 Å². The van der Waals surface area contributed by atoms with E-state index >= 15 is 0 Å². The molecular weight excluding hydrogens is 274 g/mol. The Morgan fingerprint density at radius 1 is 1.40 bits per heavy atom. The van der Waals surface area contributed by atoms with Gasteiger partial charge < -0.3 is 5.32 Å². The van der Waals surface area contributed by atoms with Crippen LogP contribution in [0.2, 0.25) is 0 Å². The SMILES string of the molecule is O=C(CC1CCSCC1)NC1(CBr)CC1. The number of carbonyl (C=O) groups is 1. The van der Waals surface area contributed by atoms with Crippen molar-refractivity contribution in [2.75, 3.05) is 16.8 Å². The van der Waals surface area contributed by atoms with Crippen molar-refractivity contribution in [1.29, 1.82) is 0 Å². The monoisotopic (exact) mass is 291 g/mol. The van der Waals surface area contributed by atoms with Crippen LogP contribution in [0.5, 0.6) is 0 Å². The first-order chi connectivity index (χ1) is 7.24. The second-order valence-electron chi connectivity index (χ2n) is 4.72. The fourth-order valence-electron chi connectivity index (χ4n) is 2.00. The number of thioether (sulfide) groups is 1. The number of hydrogen-bond donors (Lipinski definition) is 1. The maximum atomic E-state index is 11.8. The molecule has 86 valence electrons. The van der Waals surface area contributed by atoms with Crippen molar-refractivity contribution < 1.29 is 4.79 Å². The first-order valence-electron chi connectivity index (χ1n) is 5.69. The zero-order chi connectivity index (χ0) is 10.7. The Morgan fingerprint density at radius 2 is 2.07 bits per heavy atom. The highest BCUT2D eigenvalue weighted by atomic mass is 79.9. The predicted octanol–water partition coefficient (Wildman–Crippen LogP) is 2.56. The smallest absolute Gasteiger partial charge is 0.220 e. The molecule has 0 atom stereocenters. The quantitative estimate of drug-likeness (QED) is 0.807. The minimum atomic E-state index is 0.125. The highest BCUT2D eigenvalue weighted by Crippen LogP contribution is 2.37. The van der Waals surface area contributed by atoms with Gasteiger partial charge in [-0.3, -0.25) is 4.79 Å². The van der Waals surface area contributed by atoms with Gasteiger partial charge in [-0.2, -0.15) is 11.8 Å². The van der Waals surface area contributed by atoms with Gasteiger partial charge in [0, 0.05) is 17.3 Å². The van der Waals surface area contributed by atoms with Crippen molar-refractivity contribution in [3.63, 3.8) is 0 Å². The molecule has 0 aromatic heterocycles. The first-order valence-corrected chi connectivity index (χ1v) is 7.96. The Hall–Kier alpha value is 0.300. The Labute approximate surface area is 104 Å². The van der Waals surface area contributed by atoms with Crippen LogP contribution >= 0.6 is 27.7 Å². The molecule has 0 aromatic rings. The van der Waals surface area contributed by atoms with E-state index in [0.717, 1.165) is 24.6 Å². The molecule has 2 aliphatic rings. The Morgan fingerprint density at radius 3 is 2.60 bits per heavy atom. The van der Waals surface area contributed by atoms with Gasteiger partial charge in [0.1, 0.15) is 0 Å². The molecule has 2 fully saturated rings. The van der Waals surface area contributed by atoms with E-state index in [0.29, 0.717) is 5.92 Å². The third-order valence-corrected chi connectivity index (χ3v) is 5.45. The number of alkyl halides is 1. The lowest BCUT2D eigenvalue weighted by atomic mass is 9.98. The largest absolute Gasteiger partial charge is 0.350 e. The van der Waals surface area contributed by atoms with Gasteiger partial charge >= 0.3 is 0 Å². The fraction of sp³-hybridized carbons (Fsp3) is 0.909. The topological polar surface area (TPSA) is 29.1 Å². The highest BCUT2D eigenvalue weighted by molar-refractivity contribution is 9.09. The summed E-state index contributed by atoms with van der Waals surface area (Å²) in [5, 5.41) is 4.08. The van der Waals surface area contributed by atoms with Crippen LogP contribution in [0, 0.1) is 5.92 Å². The van der Waals surface area contributed by atoms with E-state index in [1.165, 1.54) is 24.3 Å². The van der Waals surface area contributed by atoms with E-state index in [9.17, 15) is 4.79 Å². The third kappa shape index (κ3) is 3.38. The van der Waals surface area contributed by atoms with Gasteiger partial charge in [0.2, 0.25) is 5.91 Å². The van der Waals surface area contributed by atoms with Gasteiger partial charge in [-0.1, -0.05) is 15.9 Å². The number of hydrogen-bond acceptors (Lipinski definition) is 2. The van der Waals surface area contributed by atoms with Crippen LogP contribution < -0.4 is 5.32 Å². The average Bonchev–Trinajstić information content (AvgIpc) is 3.00. The van der Waals surface area contributed by atoms with E-state index in [2.05, 4.69) is 21.2 Å². The molecule has 0 aromatic carbocycles. The molecule has 15 heavy (non-hydrogen) atoms. The lowest BCUT2D eigenvalue weighted by Crippen LogP contribution is -2.39. The maximum absolute atomic E-state index is 11.8. The normalized spacial score (nSPS) is 24.9. The zero-order valence-corrected chi connectivity index (χ0v) is 11.3. The molecule has 2 rings (SSSR count). The zero-order valence-electron chi connectivity index (χ0n) is 8.93. The van der Waals surface area contributed by atoms with Crippen LogP contribution in [0.15, 0.2) is 0 Å². The van der Waals surface area contributed by atoms with Crippen molar-refractivity contribution >= 4 is 33.6 Å². The Bertz CT molecular complexity index is 237. The van der Waals surface area contributed by atoms with Crippen LogP contribution in [0.4, 0.5) is 0 Å². The van der Waals surface area contributed by atoms with E-state index in [1.807, 2.05) is 11.8 Å². The lowest BCUT2D eigenvalue weighted by molar-refractivity contribution is -0.122. The van der Waals surface area contributed by atoms with Crippen molar-refractivity contribution in [2.45, 2.75) is 37.6 Å². The second kappa shape index (κ2) is 5.09. The number of rotatable bonds is 4. The van der Waals surface area contributed by atoms with E-state index in [-0.39, 0.29) is 11.4 Å². The molecule has 4 heteroatoms. The van der Waals surface area contributed by atoms with Gasteiger partial charge in [0.15, 0.2) is 0 Å². The summed E-state index contributed by atoms with van der Waals surface area (Å²) in [4.78, 5) is 11.8. The minimum Gasteiger partial charge on any atom is -0.350 e. The van der Waals surface area contributed by atoms with E-state index in [1.54, 1.807) is 0 Å². The van der Waals surface area contributed by atoms with Crippen molar-refractivity contribution in [3.05, 3.63) is 0 Å². The summed E-state index contributed by atoms with van der Waals surface area (Å²) in [6.07, 6.45) is 5.48. The number of nitrogens with one attached hydrogen (secondary N) is 1. The van der Waals surface area contributed by atoms with Crippen LogP contribution in [0.1, 0.15) is 32.1 Å². The van der Waals surface area contributed by atoms with Gasteiger partial charge in [0.25, 0.3) is 0 Å². The standard InChI is InChI=1S/C11H18BrNOS/c12-8-11(3-4-11)13-10(14)7-9-1-5-15-6-2-9/h9H,1-8H2,(H,13,14). The molecule has 2 nitrogen and oxygen atoms in total. The first kappa shape index (κ1) is 11.8. The molecular formula is C11H18BrNOS. The van der Waals surface area contributed by atoms with Crippen LogP contribution in [-0.2, 0) is 4.79 Å². The number of halogens is 1. The summed E-state index contributed by atoms with van der Waals surface area (Å²) in [6.45, 7) is 0. The molecule has 1 saturated carbocycles. The van der Waals surface area contributed by atoms with Crippen LogP contribution in [0.25, 0.3) is 0 Å². The van der Waals surface area contributed by atoms with Crippen molar-refractivity contribution in [3.8, 4) is 0 Å². The number of amides is 1. The molecule has 1 saturated heterocycles. The number of carbonyl (C=O) groups excluding carboxylic acids is 1. The van der Waals surface area contributed by atoms with Crippen molar-refractivity contribution in [1.82, 2.24) is 5.32 Å². The summed E-state index contributed by atoms with van der Waals surface area (Å²) in [6, 6.07) is 0. The minimum absolute atomic E-state index is 0.125. The van der Waals surface area contributed by atoms with Gasteiger partial charge in [-0.15, -0.1) is 0 Å². The summed E-state index contributed by atoms with van der Waals surface area (Å²) in [7, 11) is 0. The fourth-order valence-corrected chi connectivity index (χ4v) is 3.91. The lowest BCUT2D eigenvalue weighted by Gasteiger charge is -2.22. The molecule has 1 aliphatic carbocycles. The van der Waals surface area contributed by atoms with Crippen molar-refractivity contribution in [2.24, 2.45) is 5.92 Å². The van der Waals surface area contributed by atoms with Gasteiger partial charge in [0.05, 0.1) is 0 Å². The molecule has 0 spiro atoms. The summed E-state index contributed by atoms with van der Waals surface area (Å²) in [5.74, 6) is 3.38. The Kier molecular flexibility index (Phi) is 3.99. The molecule has 0 radical (unpaired) electrons. The van der Waals surface area contributed by atoms with E-state index < -0.39 is 0 Å². The van der Waals surface area contributed by atoms with Crippen LogP contribution in [0.3, 0.4) is 0 Å². The molecule has 1 N–H and O–H groups in total. The molecule has 1 heterocycles. The highest BCUT2D eigenvalue weighted by Gasteiger charge is 2.42. The van der Waals surface area contributed by atoms with Gasteiger partial charge in [-0.25, -0.2) is 0 Å². The predicted molar refractivity (Wildman–Crippen MR) is 68.6 cm³/mol. The summed E-state index contributed by atoms with van der Waals surface area (Å²) < 4.78 is 0.